The molecule has 0 radical (unpaired) electrons. The van der Waals surface area contributed by atoms with Crippen LogP contribution in [-0.4, -0.2) is 23.5 Å². The van der Waals surface area contributed by atoms with Gasteiger partial charge in [-0.3, -0.25) is 4.99 Å². The van der Waals surface area contributed by atoms with Crippen molar-refractivity contribution in [2.24, 2.45) is 4.99 Å². The molecule has 0 atom stereocenters. The van der Waals surface area contributed by atoms with Crippen LogP contribution in [0.15, 0.2) is 35.5 Å². The Bertz CT molecular complexity index is 556. The maximum absolute atomic E-state index is 13.5. The molecule has 1 aromatic carbocycles. The van der Waals surface area contributed by atoms with Crippen LogP contribution in [0, 0.1) is 5.82 Å². The standard InChI is InChI=1S/C12H12FN3/c13-10-2-1-3-11-9(10)4-7-16(11)8-12-14-5-6-15-12/h1-4,7H,5-6,8H2,(H,14,15). The normalized spacial score (nSPS) is 15.2. The average molecular weight is 217 g/mol. The molecule has 2 aromatic rings. The number of hydrogen-bond donors (Lipinski definition) is 1. The van der Waals surface area contributed by atoms with E-state index in [1.165, 1.54) is 6.07 Å². The van der Waals surface area contributed by atoms with E-state index in [1.54, 1.807) is 12.1 Å². The Balaban J connectivity index is 2.01. The van der Waals surface area contributed by atoms with Crippen LogP contribution in [0.25, 0.3) is 10.9 Å². The Morgan fingerprint density at radius 3 is 3.12 bits per heavy atom. The minimum atomic E-state index is -0.169. The highest BCUT2D eigenvalue weighted by Gasteiger charge is 2.09. The van der Waals surface area contributed by atoms with Crippen molar-refractivity contribution in [3.05, 3.63) is 36.3 Å². The average Bonchev–Trinajstić information content (AvgIpc) is 2.90. The first-order valence-corrected chi connectivity index (χ1v) is 5.35. The Morgan fingerprint density at radius 2 is 2.31 bits per heavy atom. The van der Waals surface area contributed by atoms with Gasteiger partial charge in [0, 0.05) is 18.1 Å². The summed E-state index contributed by atoms with van der Waals surface area (Å²) in [6.07, 6.45) is 1.90. The number of hydrogen-bond acceptors (Lipinski definition) is 2. The lowest BCUT2D eigenvalue weighted by molar-refractivity contribution is 0.640. The Labute approximate surface area is 92.6 Å². The van der Waals surface area contributed by atoms with Gasteiger partial charge in [-0.15, -0.1) is 0 Å². The quantitative estimate of drug-likeness (QED) is 0.816. The minimum absolute atomic E-state index is 0.169. The molecule has 0 saturated carbocycles. The van der Waals surface area contributed by atoms with Crippen molar-refractivity contribution in [2.45, 2.75) is 6.54 Å². The first kappa shape index (κ1) is 9.39. The van der Waals surface area contributed by atoms with Gasteiger partial charge in [0.2, 0.25) is 0 Å². The molecule has 0 saturated heterocycles. The van der Waals surface area contributed by atoms with Gasteiger partial charge in [0.15, 0.2) is 0 Å². The summed E-state index contributed by atoms with van der Waals surface area (Å²) < 4.78 is 15.5. The van der Waals surface area contributed by atoms with E-state index in [0.717, 1.165) is 24.4 Å². The lowest BCUT2D eigenvalue weighted by atomic mass is 10.2. The summed E-state index contributed by atoms with van der Waals surface area (Å²) >= 11 is 0. The molecule has 0 unspecified atom stereocenters. The Morgan fingerprint density at radius 1 is 1.38 bits per heavy atom. The van der Waals surface area contributed by atoms with Gasteiger partial charge in [0.05, 0.1) is 18.6 Å². The molecular formula is C12H12FN3. The second kappa shape index (κ2) is 3.63. The molecule has 0 bridgehead atoms. The van der Waals surface area contributed by atoms with E-state index in [1.807, 2.05) is 16.8 Å². The Hall–Kier alpha value is -1.84. The monoisotopic (exact) mass is 217 g/mol. The zero-order valence-corrected chi connectivity index (χ0v) is 8.78. The number of nitrogens with zero attached hydrogens (tertiary/aromatic N) is 2. The summed E-state index contributed by atoms with van der Waals surface area (Å²) in [6, 6.07) is 6.95. The third kappa shape index (κ3) is 1.46. The molecule has 2 heterocycles. The molecular weight excluding hydrogens is 205 g/mol. The van der Waals surface area contributed by atoms with Crippen molar-refractivity contribution >= 4 is 16.7 Å². The van der Waals surface area contributed by atoms with Crippen molar-refractivity contribution in [2.75, 3.05) is 13.1 Å². The molecule has 0 spiro atoms. The molecule has 3 rings (SSSR count). The highest BCUT2D eigenvalue weighted by molar-refractivity contribution is 5.86. The molecule has 0 amide bonds. The van der Waals surface area contributed by atoms with Crippen LogP contribution in [0.3, 0.4) is 0 Å². The maximum Gasteiger partial charge on any atom is 0.132 e. The van der Waals surface area contributed by atoms with Crippen molar-refractivity contribution in [1.82, 2.24) is 9.88 Å². The van der Waals surface area contributed by atoms with Crippen molar-refractivity contribution in [1.29, 1.82) is 0 Å². The first-order valence-electron chi connectivity index (χ1n) is 5.35. The molecule has 1 aromatic heterocycles. The van der Waals surface area contributed by atoms with Gasteiger partial charge in [-0.1, -0.05) is 6.07 Å². The topological polar surface area (TPSA) is 29.3 Å². The highest BCUT2D eigenvalue weighted by atomic mass is 19.1. The molecule has 1 N–H and O–H groups in total. The van der Waals surface area contributed by atoms with E-state index in [2.05, 4.69) is 10.3 Å². The van der Waals surface area contributed by atoms with Crippen molar-refractivity contribution in [3.63, 3.8) is 0 Å². The van der Waals surface area contributed by atoms with Crippen LogP contribution in [0.1, 0.15) is 0 Å². The second-order valence-electron chi connectivity index (χ2n) is 3.87. The second-order valence-corrected chi connectivity index (χ2v) is 3.87. The fourth-order valence-corrected chi connectivity index (χ4v) is 2.04. The first-order chi connectivity index (χ1) is 7.84. The van der Waals surface area contributed by atoms with E-state index < -0.39 is 0 Å². The molecule has 0 aliphatic carbocycles. The highest BCUT2D eigenvalue weighted by Crippen LogP contribution is 2.18. The van der Waals surface area contributed by atoms with Gasteiger partial charge < -0.3 is 9.88 Å². The maximum atomic E-state index is 13.5. The molecule has 4 heteroatoms. The predicted octanol–water partition coefficient (Wildman–Crippen LogP) is 1.78. The summed E-state index contributed by atoms with van der Waals surface area (Å²) in [6.45, 7) is 2.43. The third-order valence-corrected chi connectivity index (χ3v) is 2.82. The van der Waals surface area contributed by atoms with E-state index >= 15 is 0 Å². The molecule has 3 nitrogen and oxygen atoms in total. The number of nitrogens with one attached hydrogen (secondary N) is 1. The largest absolute Gasteiger partial charge is 0.370 e. The van der Waals surface area contributed by atoms with Gasteiger partial charge in [0.1, 0.15) is 11.7 Å². The van der Waals surface area contributed by atoms with Crippen LogP contribution in [-0.2, 0) is 6.54 Å². The number of benzene rings is 1. The summed E-state index contributed by atoms with van der Waals surface area (Å²) in [5, 5.41) is 3.88. The fourth-order valence-electron chi connectivity index (χ4n) is 2.04. The van der Waals surface area contributed by atoms with E-state index in [4.69, 9.17) is 0 Å². The van der Waals surface area contributed by atoms with E-state index in [9.17, 15) is 4.39 Å². The molecule has 0 fully saturated rings. The summed E-state index contributed by atoms with van der Waals surface area (Å²) in [7, 11) is 0. The Kier molecular flexibility index (Phi) is 2.13. The lowest BCUT2D eigenvalue weighted by Gasteiger charge is -2.05. The van der Waals surface area contributed by atoms with Crippen LogP contribution in [0.2, 0.25) is 0 Å². The summed E-state index contributed by atoms with van der Waals surface area (Å²) in [5.74, 6) is 0.805. The van der Waals surface area contributed by atoms with Crippen LogP contribution < -0.4 is 5.32 Å². The summed E-state index contributed by atoms with van der Waals surface area (Å²) in [4.78, 5) is 4.33. The van der Waals surface area contributed by atoms with Gasteiger partial charge in [-0.25, -0.2) is 4.39 Å². The van der Waals surface area contributed by atoms with Crippen LogP contribution >= 0.6 is 0 Å². The van der Waals surface area contributed by atoms with Crippen LogP contribution in [0.4, 0.5) is 4.39 Å². The van der Waals surface area contributed by atoms with Gasteiger partial charge in [-0.05, 0) is 18.2 Å². The van der Waals surface area contributed by atoms with Gasteiger partial charge in [-0.2, -0.15) is 0 Å². The number of aromatic nitrogens is 1. The number of aliphatic imine (C=N–C) groups is 1. The number of fused-ring (bicyclic) bond motifs is 1. The van der Waals surface area contributed by atoms with Crippen molar-refractivity contribution < 1.29 is 4.39 Å². The van der Waals surface area contributed by atoms with Crippen LogP contribution in [0.5, 0.6) is 0 Å². The third-order valence-electron chi connectivity index (χ3n) is 2.82. The smallest absolute Gasteiger partial charge is 0.132 e. The van der Waals surface area contributed by atoms with E-state index in [-0.39, 0.29) is 5.82 Å². The van der Waals surface area contributed by atoms with Crippen molar-refractivity contribution in [3.8, 4) is 0 Å². The van der Waals surface area contributed by atoms with E-state index in [0.29, 0.717) is 11.9 Å². The summed E-state index contributed by atoms with van der Waals surface area (Å²) in [5.41, 5.74) is 0.913. The predicted molar refractivity (Wildman–Crippen MR) is 62.2 cm³/mol. The van der Waals surface area contributed by atoms with Gasteiger partial charge >= 0.3 is 0 Å². The molecule has 82 valence electrons. The number of halogens is 1. The zero-order valence-electron chi connectivity index (χ0n) is 8.78. The molecule has 1 aliphatic rings. The number of rotatable bonds is 2. The SMILES string of the molecule is Fc1cccc2c1ccn2CC1=NCCN1. The molecule has 1 aliphatic heterocycles. The van der Waals surface area contributed by atoms with Gasteiger partial charge in [0.25, 0.3) is 0 Å². The zero-order chi connectivity index (χ0) is 11.0. The minimum Gasteiger partial charge on any atom is -0.370 e. The fraction of sp³-hybridized carbons (Fsp3) is 0.250. The number of amidine groups is 1. The molecule has 16 heavy (non-hydrogen) atoms. The lowest BCUT2D eigenvalue weighted by Crippen LogP contribution is -2.23.